The van der Waals surface area contributed by atoms with Gasteiger partial charge in [-0.3, -0.25) is 14.9 Å². The molecule has 3 heterocycles. The van der Waals surface area contributed by atoms with Gasteiger partial charge in [0.2, 0.25) is 0 Å². The predicted octanol–water partition coefficient (Wildman–Crippen LogP) is 2.88. The number of aryl methyl sites for hydroxylation is 2. The van der Waals surface area contributed by atoms with Gasteiger partial charge in [0.05, 0.1) is 18.3 Å². The lowest BCUT2D eigenvalue weighted by Gasteiger charge is -2.14. The summed E-state index contributed by atoms with van der Waals surface area (Å²) < 4.78 is 6.06. The zero-order valence-electron chi connectivity index (χ0n) is 14.6. The number of rotatable bonds is 4. The van der Waals surface area contributed by atoms with E-state index in [1.165, 1.54) is 16.5 Å². The fourth-order valence-corrected chi connectivity index (χ4v) is 3.71. The number of benzene rings is 1. The normalized spacial score (nSPS) is 21.2. The molecule has 0 amide bonds. The highest BCUT2D eigenvalue weighted by atomic mass is 16.3. The van der Waals surface area contributed by atoms with Gasteiger partial charge in [0.15, 0.2) is 0 Å². The van der Waals surface area contributed by atoms with Crippen LogP contribution in [0, 0.1) is 19.8 Å². The van der Waals surface area contributed by atoms with Gasteiger partial charge in [-0.25, -0.2) is 0 Å². The van der Waals surface area contributed by atoms with E-state index in [-0.39, 0.29) is 12.0 Å². The average molecular weight is 337 g/mol. The molecule has 2 atom stereocenters. The molecule has 2 aromatic heterocycles. The Labute approximate surface area is 147 Å². The molecule has 1 fully saturated rings. The summed E-state index contributed by atoms with van der Waals surface area (Å²) in [5.41, 5.74) is 4.31. The third kappa shape index (κ3) is 3.30. The Morgan fingerprint density at radius 2 is 2.12 bits per heavy atom. The summed E-state index contributed by atoms with van der Waals surface area (Å²) in [7, 11) is 0. The summed E-state index contributed by atoms with van der Waals surface area (Å²) in [5, 5.41) is 11.6. The highest BCUT2D eigenvalue weighted by molar-refractivity contribution is 5.82. The Balaban J connectivity index is 1.48. The molecule has 1 aliphatic heterocycles. The van der Waals surface area contributed by atoms with Crippen LogP contribution in [0.25, 0.3) is 11.0 Å². The quantitative estimate of drug-likeness (QED) is 0.793. The molecule has 0 saturated carbocycles. The van der Waals surface area contributed by atoms with Crippen molar-refractivity contribution in [1.29, 1.82) is 0 Å². The van der Waals surface area contributed by atoms with Gasteiger partial charge in [0, 0.05) is 43.0 Å². The third-order valence-corrected chi connectivity index (χ3v) is 5.13. The first-order valence-electron chi connectivity index (χ1n) is 8.74. The molecule has 5 heteroatoms. The van der Waals surface area contributed by atoms with Gasteiger partial charge >= 0.3 is 0 Å². The van der Waals surface area contributed by atoms with Crippen LogP contribution in [0.3, 0.4) is 0 Å². The zero-order valence-corrected chi connectivity index (χ0v) is 14.6. The van der Waals surface area contributed by atoms with Crippen molar-refractivity contribution in [2.45, 2.75) is 32.9 Å². The lowest BCUT2D eigenvalue weighted by molar-refractivity contribution is 0.140. The van der Waals surface area contributed by atoms with Gasteiger partial charge in [-0.1, -0.05) is 11.6 Å². The van der Waals surface area contributed by atoms with Gasteiger partial charge in [-0.2, -0.15) is 0 Å². The first kappa shape index (κ1) is 16.2. The predicted molar refractivity (Wildman–Crippen MR) is 96.2 cm³/mol. The number of hydrogen-bond acceptors (Lipinski definition) is 5. The van der Waals surface area contributed by atoms with Crippen molar-refractivity contribution in [3.8, 4) is 0 Å². The van der Waals surface area contributed by atoms with Gasteiger partial charge < -0.3 is 9.52 Å². The Hall–Kier alpha value is -2.24. The molecule has 1 N–H and O–H groups in total. The number of aromatic nitrogens is 2. The lowest BCUT2D eigenvalue weighted by Crippen LogP contribution is -2.21. The summed E-state index contributed by atoms with van der Waals surface area (Å²) in [6.07, 6.45) is 5.57. The molecule has 4 rings (SSSR count). The maximum Gasteiger partial charge on any atom is 0.134 e. The maximum atomic E-state index is 10.4. The minimum absolute atomic E-state index is 0.184. The van der Waals surface area contributed by atoms with E-state index >= 15 is 0 Å². The van der Waals surface area contributed by atoms with Crippen LogP contribution in [0.5, 0.6) is 0 Å². The van der Waals surface area contributed by atoms with Crippen LogP contribution in [-0.4, -0.2) is 39.2 Å². The number of nitrogens with zero attached hydrogens (tertiary/aromatic N) is 3. The van der Waals surface area contributed by atoms with Gasteiger partial charge in [0.1, 0.15) is 11.3 Å². The van der Waals surface area contributed by atoms with Crippen molar-refractivity contribution in [1.82, 2.24) is 14.9 Å². The second kappa shape index (κ2) is 6.58. The van der Waals surface area contributed by atoms with E-state index in [1.807, 2.05) is 6.07 Å². The summed E-state index contributed by atoms with van der Waals surface area (Å²) >= 11 is 0. The molecule has 0 aliphatic carbocycles. The van der Waals surface area contributed by atoms with E-state index in [0.717, 1.165) is 36.5 Å². The smallest absolute Gasteiger partial charge is 0.134 e. The highest BCUT2D eigenvalue weighted by Crippen LogP contribution is 2.29. The van der Waals surface area contributed by atoms with Crippen LogP contribution in [0.15, 0.2) is 41.2 Å². The zero-order chi connectivity index (χ0) is 17.4. The fourth-order valence-electron chi connectivity index (χ4n) is 3.71. The largest absolute Gasteiger partial charge is 0.459 e. The lowest BCUT2D eigenvalue weighted by atomic mass is 10.0. The second-order valence-corrected chi connectivity index (χ2v) is 7.07. The van der Waals surface area contributed by atoms with Crippen LogP contribution in [0.1, 0.15) is 22.6 Å². The van der Waals surface area contributed by atoms with Gasteiger partial charge in [-0.05, 0) is 38.0 Å². The molecule has 1 aromatic carbocycles. The van der Waals surface area contributed by atoms with Crippen molar-refractivity contribution in [2.24, 2.45) is 5.92 Å². The van der Waals surface area contributed by atoms with Crippen molar-refractivity contribution in [3.05, 3.63) is 59.4 Å². The summed E-state index contributed by atoms with van der Waals surface area (Å²) in [6.45, 7) is 6.45. The average Bonchev–Trinajstić information content (AvgIpc) is 3.09. The Morgan fingerprint density at radius 3 is 2.92 bits per heavy atom. The summed E-state index contributed by atoms with van der Waals surface area (Å²) in [6, 6.07) is 6.29. The van der Waals surface area contributed by atoms with Crippen molar-refractivity contribution < 1.29 is 9.52 Å². The van der Waals surface area contributed by atoms with Crippen LogP contribution < -0.4 is 0 Å². The van der Waals surface area contributed by atoms with Crippen molar-refractivity contribution >= 4 is 11.0 Å². The second-order valence-electron chi connectivity index (χ2n) is 7.07. The molecular formula is C20H23N3O2. The first-order chi connectivity index (χ1) is 12.1. The molecule has 0 unspecified atom stereocenters. The van der Waals surface area contributed by atoms with E-state index in [0.29, 0.717) is 6.54 Å². The minimum atomic E-state index is -0.339. The number of β-amino-alcohol motifs (C(OH)–C–C–N with tert-alkyl or cyclic N) is 1. The molecule has 1 saturated heterocycles. The van der Waals surface area contributed by atoms with Gasteiger partial charge in [-0.15, -0.1) is 0 Å². The Morgan fingerprint density at radius 1 is 1.24 bits per heavy atom. The van der Waals surface area contributed by atoms with Crippen molar-refractivity contribution in [2.75, 3.05) is 13.1 Å². The Bertz CT molecular complexity index is 875. The van der Waals surface area contributed by atoms with E-state index in [9.17, 15) is 5.11 Å². The molecule has 5 nitrogen and oxygen atoms in total. The minimum Gasteiger partial charge on any atom is -0.459 e. The maximum absolute atomic E-state index is 10.4. The van der Waals surface area contributed by atoms with Gasteiger partial charge in [0.25, 0.3) is 0 Å². The van der Waals surface area contributed by atoms with Crippen LogP contribution in [0.2, 0.25) is 0 Å². The number of aliphatic hydroxyl groups excluding tert-OH is 1. The van der Waals surface area contributed by atoms with Crippen LogP contribution in [-0.2, 0) is 13.0 Å². The van der Waals surface area contributed by atoms with Crippen LogP contribution >= 0.6 is 0 Å². The molecule has 0 bridgehead atoms. The Kier molecular flexibility index (Phi) is 4.27. The van der Waals surface area contributed by atoms with E-state index in [1.54, 1.807) is 18.6 Å². The SMILES string of the molecule is Cc1ccc2oc(CN3C[C@@H](Cc4cnccn4)[C@H](O)C3)c(C)c2c1. The van der Waals surface area contributed by atoms with E-state index in [4.69, 9.17) is 4.42 Å². The summed E-state index contributed by atoms with van der Waals surface area (Å²) in [4.78, 5) is 10.7. The monoisotopic (exact) mass is 337 g/mol. The van der Waals surface area contributed by atoms with Crippen molar-refractivity contribution in [3.63, 3.8) is 0 Å². The molecule has 1 aliphatic rings. The number of aliphatic hydroxyl groups is 1. The molecule has 0 spiro atoms. The molecular weight excluding hydrogens is 314 g/mol. The third-order valence-electron chi connectivity index (χ3n) is 5.13. The van der Waals surface area contributed by atoms with E-state index in [2.05, 4.69) is 40.8 Å². The fraction of sp³-hybridized carbons (Fsp3) is 0.400. The standard InChI is InChI=1S/C20H23N3O2/c1-13-3-4-19-17(7-13)14(2)20(25-19)12-23-10-15(18(24)11-23)8-16-9-21-5-6-22-16/h3-7,9,15,18,24H,8,10-12H2,1-2H3/t15-,18-/m1/s1. The molecule has 3 aromatic rings. The van der Waals surface area contributed by atoms with E-state index < -0.39 is 0 Å². The molecule has 0 radical (unpaired) electrons. The topological polar surface area (TPSA) is 62.4 Å². The molecule has 25 heavy (non-hydrogen) atoms. The molecule has 130 valence electrons. The highest BCUT2D eigenvalue weighted by Gasteiger charge is 2.32. The number of hydrogen-bond donors (Lipinski definition) is 1. The van der Waals surface area contributed by atoms with Crippen LogP contribution in [0.4, 0.5) is 0 Å². The first-order valence-corrected chi connectivity index (χ1v) is 8.74. The number of furan rings is 1. The number of likely N-dealkylation sites (tertiary alicyclic amines) is 1. The summed E-state index contributed by atoms with van der Waals surface area (Å²) in [5.74, 6) is 1.18. The number of fused-ring (bicyclic) bond motifs is 1.